The van der Waals surface area contributed by atoms with Crippen LogP contribution in [0.25, 0.3) is 0 Å². The Bertz CT molecular complexity index is 694. The molecule has 0 radical (unpaired) electrons. The highest BCUT2D eigenvalue weighted by Crippen LogP contribution is 2.66. The van der Waals surface area contributed by atoms with E-state index in [1.54, 1.807) is 0 Å². The third kappa shape index (κ3) is 2.16. The molecule has 0 unspecified atom stereocenters. The smallest absolute Gasteiger partial charge is 0.364 e. The second kappa shape index (κ2) is 4.70. The Morgan fingerprint density at radius 2 is 1.96 bits per heavy atom. The summed E-state index contributed by atoms with van der Waals surface area (Å²) in [4.78, 5) is 11.7. The summed E-state index contributed by atoms with van der Waals surface area (Å²) in [5.41, 5.74) is 2.68. The van der Waals surface area contributed by atoms with E-state index in [9.17, 15) is 26.7 Å². The van der Waals surface area contributed by atoms with E-state index in [4.69, 9.17) is 5.73 Å². The van der Waals surface area contributed by atoms with Gasteiger partial charge in [-0.15, -0.1) is 0 Å². The van der Waals surface area contributed by atoms with Crippen LogP contribution < -0.4 is 5.73 Å². The Labute approximate surface area is 134 Å². The molecule has 2 N–H and O–H groups in total. The fourth-order valence-corrected chi connectivity index (χ4v) is 4.26. The monoisotopic (exact) mass is 349 g/mol. The first-order chi connectivity index (χ1) is 11.1. The number of nitrogens with zero attached hydrogens (tertiary/aromatic N) is 2. The molecule has 24 heavy (non-hydrogen) atoms. The molecule has 4 nitrogen and oxygen atoms in total. The summed E-state index contributed by atoms with van der Waals surface area (Å²) in [5.74, 6) is -2.10. The molecule has 4 saturated carbocycles. The van der Waals surface area contributed by atoms with Gasteiger partial charge in [-0.25, -0.2) is 8.78 Å². The number of hydrogen-bond acceptors (Lipinski definition) is 2. The van der Waals surface area contributed by atoms with Gasteiger partial charge in [0.05, 0.1) is 5.69 Å². The molecule has 4 aliphatic carbocycles. The van der Waals surface area contributed by atoms with Crippen LogP contribution in [0, 0.1) is 17.8 Å². The zero-order chi connectivity index (χ0) is 17.4. The fourth-order valence-electron chi connectivity index (χ4n) is 4.26. The first-order valence-electron chi connectivity index (χ1n) is 7.89. The number of rotatable bonds is 5. The Morgan fingerprint density at radius 1 is 1.33 bits per heavy atom. The lowest BCUT2D eigenvalue weighted by Gasteiger charge is -2.61. The highest BCUT2D eigenvalue weighted by atomic mass is 19.4. The molecule has 5 rings (SSSR count). The van der Waals surface area contributed by atoms with Gasteiger partial charge in [-0.3, -0.25) is 9.48 Å². The van der Waals surface area contributed by atoms with Gasteiger partial charge in [0.1, 0.15) is 11.3 Å². The fraction of sp³-hybridized carbons (Fsp3) is 0.733. The lowest BCUT2D eigenvalue weighted by Crippen LogP contribution is -2.56. The van der Waals surface area contributed by atoms with E-state index in [1.165, 1.54) is 0 Å². The van der Waals surface area contributed by atoms with Crippen molar-refractivity contribution in [1.29, 1.82) is 0 Å². The molecular formula is C15H16F5N3O. The van der Waals surface area contributed by atoms with Crippen molar-refractivity contribution in [3.05, 3.63) is 17.0 Å². The minimum Gasteiger partial charge on any atom is -0.364 e. The number of alkyl halides is 5. The van der Waals surface area contributed by atoms with Crippen LogP contribution in [-0.4, -0.2) is 22.1 Å². The van der Waals surface area contributed by atoms with E-state index in [-0.39, 0.29) is 18.7 Å². The molecule has 0 aromatic carbocycles. The molecule has 1 aromatic heterocycles. The Balaban J connectivity index is 1.75. The number of aromatic nitrogens is 2. The van der Waals surface area contributed by atoms with Crippen molar-refractivity contribution >= 4 is 5.91 Å². The summed E-state index contributed by atoms with van der Waals surface area (Å²) in [7, 11) is 0. The maximum absolute atomic E-state index is 13.6. The molecule has 1 aromatic rings. The van der Waals surface area contributed by atoms with Crippen LogP contribution >= 0.6 is 0 Å². The average Bonchev–Trinajstić information content (AvgIpc) is 2.97. The van der Waals surface area contributed by atoms with Gasteiger partial charge in [-0.2, -0.15) is 18.3 Å². The Hall–Kier alpha value is -1.67. The van der Waals surface area contributed by atoms with Crippen molar-refractivity contribution in [2.45, 2.75) is 50.2 Å². The minimum atomic E-state index is -4.75. The number of hydrogen-bond donors (Lipinski definition) is 1. The van der Waals surface area contributed by atoms with Crippen molar-refractivity contribution in [1.82, 2.24) is 9.78 Å². The number of carbonyl (C=O) groups is 1. The van der Waals surface area contributed by atoms with Crippen molar-refractivity contribution < 1.29 is 26.7 Å². The molecule has 2 bridgehead atoms. The van der Waals surface area contributed by atoms with Gasteiger partial charge in [0.2, 0.25) is 6.43 Å². The normalized spacial score (nSPS) is 34.0. The molecule has 2 atom stereocenters. The third-order valence-electron chi connectivity index (χ3n) is 5.72. The van der Waals surface area contributed by atoms with E-state index in [1.807, 2.05) is 0 Å². The van der Waals surface area contributed by atoms with Crippen molar-refractivity contribution in [2.24, 2.45) is 23.5 Å². The summed E-state index contributed by atoms with van der Waals surface area (Å²) in [5, 5.41) is 4.05. The number of carbonyl (C=O) groups excluding carboxylic acids is 1. The second-order valence-electron chi connectivity index (χ2n) is 7.37. The standard InChI is InChI=1S/C15H16F5N3O/c16-12(17)8-1-7(8)5-23-10(13(21)24)9(15(18,19)20)11(22-23)14-2-6(3-14)4-14/h6-8,12H,1-5H2,(H2,21,24)/t6?,7-,8+,14?/m0/s1. The van der Waals surface area contributed by atoms with E-state index < -0.39 is 47.0 Å². The molecule has 1 amide bonds. The number of halogens is 5. The summed E-state index contributed by atoms with van der Waals surface area (Å²) in [6.07, 6.45) is -5.14. The molecule has 4 aliphatic rings. The maximum Gasteiger partial charge on any atom is 0.420 e. The zero-order valence-corrected chi connectivity index (χ0v) is 12.6. The van der Waals surface area contributed by atoms with Gasteiger partial charge in [0.25, 0.3) is 5.91 Å². The van der Waals surface area contributed by atoms with Gasteiger partial charge >= 0.3 is 6.18 Å². The highest BCUT2D eigenvalue weighted by molar-refractivity contribution is 5.93. The molecule has 0 aliphatic heterocycles. The van der Waals surface area contributed by atoms with E-state index in [2.05, 4.69) is 5.10 Å². The van der Waals surface area contributed by atoms with Gasteiger partial charge in [0.15, 0.2) is 0 Å². The molecule has 132 valence electrons. The predicted octanol–water partition coefficient (Wildman–Crippen LogP) is 2.95. The summed E-state index contributed by atoms with van der Waals surface area (Å²) >= 11 is 0. The SMILES string of the molecule is NC(=O)c1c(C(F)(F)F)c(C23CC(C2)C3)nn1C[C@@H]1C[C@H]1C(F)F. The number of nitrogens with two attached hydrogens (primary N) is 1. The van der Waals surface area contributed by atoms with Crippen LogP contribution in [0.5, 0.6) is 0 Å². The van der Waals surface area contributed by atoms with Crippen molar-refractivity contribution in [2.75, 3.05) is 0 Å². The van der Waals surface area contributed by atoms with Gasteiger partial charge in [-0.1, -0.05) is 0 Å². The average molecular weight is 349 g/mol. The summed E-state index contributed by atoms with van der Waals surface area (Å²) < 4.78 is 67.0. The van der Waals surface area contributed by atoms with Crippen LogP contribution in [0.2, 0.25) is 0 Å². The van der Waals surface area contributed by atoms with Crippen LogP contribution in [-0.2, 0) is 18.1 Å². The van der Waals surface area contributed by atoms with Crippen LogP contribution in [0.3, 0.4) is 0 Å². The topological polar surface area (TPSA) is 60.9 Å². The van der Waals surface area contributed by atoms with E-state index in [0.717, 1.165) is 4.68 Å². The van der Waals surface area contributed by atoms with Crippen molar-refractivity contribution in [3.63, 3.8) is 0 Å². The second-order valence-corrected chi connectivity index (χ2v) is 7.37. The predicted molar refractivity (Wildman–Crippen MR) is 72.4 cm³/mol. The number of amides is 1. The van der Waals surface area contributed by atoms with Crippen LogP contribution in [0.15, 0.2) is 0 Å². The Morgan fingerprint density at radius 3 is 2.33 bits per heavy atom. The minimum absolute atomic E-state index is 0.124. The summed E-state index contributed by atoms with van der Waals surface area (Å²) in [6.45, 7) is -0.129. The van der Waals surface area contributed by atoms with Gasteiger partial charge < -0.3 is 5.73 Å². The van der Waals surface area contributed by atoms with E-state index in [0.29, 0.717) is 25.2 Å². The molecule has 0 saturated heterocycles. The lowest BCUT2D eigenvalue weighted by molar-refractivity contribution is -0.142. The van der Waals surface area contributed by atoms with Crippen LogP contribution in [0.4, 0.5) is 22.0 Å². The molecule has 1 heterocycles. The maximum atomic E-state index is 13.6. The molecule has 4 fully saturated rings. The number of primary amides is 1. The van der Waals surface area contributed by atoms with Crippen molar-refractivity contribution in [3.8, 4) is 0 Å². The summed E-state index contributed by atoms with van der Waals surface area (Å²) in [6, 6.07) is 0. The van der Waals surface area contributed by atoms with Gasteiger partial charge in [-0.05, 0) is 37.5 Å². The largest absolute Gasteiger partial charge is 0.420 e. The molecule has 0 spiro atoms. The Kier molecular flexibility index (Phi) is 3.10. The van der Waals surface area contributed by atoms with E-state index >= 15 is 0 Å². The van der Waals surface area contributed by atoms with Crippen LogP contribution in [0.1, 0.15) is 47.4 Å². The first-order valence-corrected chi connectivity index (χ1v) is 7.89. The molecule has 9 heteroatoms. The first kappa shape index (κ1) is 15.8. The van der Waals surface area contributed by atoms with Gasteiger partial charge in [0, 0.05) is 17.9 Å². The quantitative estimate of drug-likeness (QED) is 0.831. The lowest BCUT2D eigenvalue weighted by atomic mass is 9.43. The third-order valence-corrected chi connectivity index (χ3v) is 5.72. The zero-order valence-electron chi connectivity index (χ0n) is 12.6. The molecular weight excluding hydrogens is 333 g/mol. The highest BCUT2D eigenvalue weighted by Gasteiger charge is 2.62.